The second-order valence-corrected chi connectivity index (χ2v) is 9.95. The highest BCUT2D eigenvalue weighted by atomic mass is 32.2. The largest absolute Gasteiger partial charge is 0.486 e. The van der Waals surface area contributed by atoms with Gasteiger partial charge in [0.1, 0.15) is 22.2 Å². The Balaban J connectivity index is 1.71. The van der Waals surface area contributed by atoms with Crippen molar-refractivity contribution in [2.24, 2.45) is 0 Å². The van der Waals surface area contributed by atoms with E-state index in [1.54, 1.807) is 13.0 Å². The Morgan fingerprint density at radius 3 is 2.38 bits per heavy atom. The van der Waals surface area contributed by atoms with Gasteiger partial charge in [-0.2, -0.15) is 0 Å². The summed E-state index contributed by atoms with van der Waals surface area (Å²) >= 11 is 2.13. The molecule has 2 aromatic heterocycles. The number of thiophene rings is 1. The molecular formula is C25H28N4O6S2. The Hall–Kier alpha value is -3.64. The molecule has 0 aliphatic rings. The number of thioether (sulfide) groups is 1. The topological polar surface area (TPSA) is 122 Å². The molecule has 3 rings (SSSR count). The summed E-state index contributed by atoms with van der Waals surface area (Å²) in [6, 6.07) is 5.96. The van der Waals surface area contributed by atoms with Gasteiger partial charge in [0.25, 0.3) is 0 Å². The number of esters is 2. The summed E-state index contributed by atoms with van der Waals surface area (Å²) in [6.07, 6.45) is 1.71. The zero-order valence-corrected chi connectivity index (χ0v) is 22.9. The van der Waals surface area contributed by atoms with Crippen molar-refractivity contribution in [1.29, 1.82) is 0 Å². The van der Waals surface area contributed by atoms with Gasteiger partial charge in [0.15, 0.2) is 11.0 Å². The molecule has 1 N–H and O–H groups in total. The lowest BCUT2D eigenvalue weighted by molar-refractivity contribution is -0.113. The van der Waals surface area contributed by atoms with Crippen LogP contribution in [0.1, 0.15) is 42.5 Å². The maximum absolute atomic E-state index is 12.8. The van der Waals surface area contributed by atoms with E-state index in [2.05, 4.69) is 28.2 Å². The number of ether oxygens (including phenoxy) is 3. The van der Waals surface area contributed by atoms with E-state index >= 15 is 0 Å². The molecule has 37 heavy (non-hydrogen) atoms. The maximum atomic E-state index is 12.8. The number of hydrogen-bond donors (Lipinski definition) is 1. The van der Waals surface area contributed by atoms with Gasteiger partial charge in [0.05, 0.1) is 25.5 Å². The van der Waals surface area contributed by atoms with Crippen molar-refractivity contribution < 1.29 is 28.6 Å². The van der Waals surface area contributed by atoms with Crippen LogP contribution in [0.4, 0.5) is 5.00 Å². The van der Waals surface area contributed by atoms with Crippen LogP contribution in [0.5, 0.6) is 5.75 Å². The van der Waals surface area contributed by atoms with E-state index in [9.17, 15) is 14.4 Å². The van der Waals surface area contributed by atoms with Crippen molar-refractivity contribution in [3.8, 4) is 5.75 Å². The number of amides is 1. The third kappa shape index (κ3) is 6.77. The molecule has 0 saturated carbocycles. The Morgan fingerprint density at radius 1 is 1.08 bits per heavy atom. The monoisotopic (exact) mass is 544 g/mol. The number of benzene rings is 1. The number of carbonyl (C=O) groups is 3. The van der Waals surface area contributed by atoms with Gasteiger partial charge in [-0.15, -0.1) is 28.1 Å². The molecule has 1 aromatic carbocycles. The number of aromatic nitrogens is 3. The number of allylic oxidation sites excluding steroid dienone is 1. The predicted octanol–water partition coefficient (Wildman–Crippen LogP) is 4.33. The van der Waals surface area contributed by atoms with Crippen LogP contribution < -0.4 is 10.1 Å². The van der Waals surface area contributed by atoms with Crippen LogP contribution in [-0.4, -0.2) is 52.6 Å². The summed E-state index contributed by atoms with van der Waals surface area (Å²) in [5.41, 5.74) is 2.69. The minimum absolute atomic E-state index is 0.0155. The zero-order valence-electron chi connectivity index (χ0n) is 21.2. The number of anilines is 1. The Kier molecular flexibility index (Phi) is 9.48. The van der Waals surface area contributed by atoms with Gasteiger partial charge in [-0.25, -0.2) is 9.59 Å². The van der Waals surface area contributed by atoms with Crippen LogP contribution >= 0.6 is 23.1 Å². The van der Waals surface area contributed by atoms with Crippen molar-refractivity contribution in [2.45, 2.75) is 39.1 Å². The molecule has 196 valence electrons. The highest BCUT2D eigenvalue weighted by Gasteiger charge is 2.27. The fourth-order valence-electron chi connectivity index (χ4n) is 3.54. The maximum Gasteiger partial charge on any atom is 0.348 e. The fraction of sp³-hybridized carbons (Fsp3) is 0.320. The third-order valence-corrected chi connectivity index (χ3v) is 7.31. The van der Waals surface area contributed by atoms with Crippen molar-refractivity contribution >= 4 is 45.9 Å². The van der Waals surface area contributed by atoms with Crippen molar-refractivity contribution in [2.75, 3.05) is 25.3 Å². The lowest BCUT2D eigenvalue weighted by atomic mass is 10.1. The van der Waals surface area contributed by atoms with E-state index in [0.717, 1.165) is 28.2 Å². The van der Waals surface area contributed by atoms with Gasteiger partial charge in [0.2, 0.25) is 5.91 Å². The van der Waals surface area contributed by atoms with Gasteiger partial charge in [-0.3, -0.25) is 9.36 Å². The van der Waals surface area contributed by atoms with Crippen LogP contribution in [-0.2, 0) is 27.4 Å². The highest BCUT2D eigenvalue weighted by molar-refractivity contribution is 7.99. The third-order valence-electron chi connectivity index (χ3n) is 5.16. The number of nitrogens with zero attached hydrogens (tertiary/aromatic N) is 3. The lowest BCUT2D eigenvalue weighted by Gasteiger charge is -2.10. The molecule has 0 saturated heterocycles. The van der Waals surface area contributed by atoms with E-state index in [-0.39, 0.29) is 27.8 Å². The summed E-state index contributed by atoms with van der Waals surface area (Å²) < 4.78 is 17.3. The summed E-state index contributed by atoms with van der Waals surface area (Å²) in [6.45, 7) is 10.0. The van der Waals surface area contributed by atoms with Crippen LogP contribution in [0.15, 0.2) is 36.0 Å². The summed E-state index contributed by atoms with van der Waals surface area (Å²) in [5.74, 6) is -0.348. The van der Waals surface area contributed by atoms with Gasteiger partial charge in [0, 0.05) is 6.54 Å². The molecule has 0 spiro atoms. The smallest absolute Gasteiger partial charge is 0.348 e. The van der Waals surface area contributed by atoms with E-state index in [0.29, 0.717) is 23.1 Å². The summed E-state index contributed by atoms with van der Waals surface area (Å²) in [7, 11) is 2.47. The number of rotatable bonds is 11. The first-order valence-electron chi connectivity index (χ1n) is 11.1. The standard InChI is InChI=1S/C25H28N4O6S2/c1-7-8-29-18(12-35-17-10-14(2)9-15(3)11-17)27-28-25(29)36-13-19(30)26-22-20(23(31)33-5)16(4)21(37-22)24(32)34-6/h7,9-11H,1,8,12-13H2,2-6H3,(H,26,30). The van der Waals surface area contributed by atoms with Crippen LogP contribution in [0.3, 0.4) is 0 Å². The average molecular weight is 545 g/mol. The van der Waals surface area contributed by atoms with E-state index < -0.39 is 17.8 Å². The minimum atomic E-state index is -0.661. The number of carbonyl (C=O) groups excluding carboxylic acids is 3. The SMILES string of the molecule is C=CCn1c(COc2cc(C)cc(C)c2)nnc1SCC(=O)Nc1sc(C(=O)OC)c(C)c1C(=O)OC. The van der Waals surface area contributed by atoms with Crippen LogP contribution in [0.2, 0.25) is 0 Å². The first kappa shape index (κ1) is 27.9. The zero-order chi connectivity index (χ0) is 27.1. The fourth-order valence-corrected chi connectivity index (χ4v) is 5.43. The number of aryl methyl sites for hydroxylation is 2. The molecule has 0 aliphatic carbocycles. The summed E-state index contributed by atoms with van der Waals surface area (Å²) in [5, 5.41) is 11.9. The molecule has 3 aromatic rings. The molecule has 0 atom stereocenters. The van der Waals surface area contributed by atoms with Gasteiger partial charge in [-0.05, 0) is 49.6 Å². The molecule has 0 radical (unpaired) electrons. The molecule has 0 aliphatic heterocycles. The second kappa shape index (κ2) is 12.5. The first-order valence-corrected chi connectivity index (χ1v) is 12.9. The van der Waals surface area contributed by atoms with Gasteiger partial charge < -0.3 is 19.5 Å². The molecule has 1 amide bonds. The minimum Gasteiger partial charge on any atom is -0.486 e. The van der Waals surface area contributed by atoms with E-state index in [1.165, 1.54) is 26.0 Å². The quantitative estimate of drug-likeness (QED) is 0.213. The molecule has 0 bridgehead atoms. The highest BCUT2D eigenvalue weighted by Crippen LogP contribution is 2.34. The van der Waals surface area contributed by atoms with Crippen LogP contribution in [0.25, 0.3) is 0 Å². The van der Waals surface area contributed by atoms with Crippen LogP contribution in [0, 0.1) is 20.8 Å². The van der Waals surface area contributed by atoms with Gasteiger partial charge >= 0.3 is 11.9 Å². The normalized spacial score (nSPS) is 10.6. The first-order chi connectivity index (χ1) is 17.7. The van der Waals surface area contributed by atoms with E-state index in [1.807, 2.05) is 30.5 Å². The number of methoxy groups -OCH3 is 2. The molecule has 2 heterocycles. The average Bonchev–Trinajstić information content (AvgIpc) is 3.40. The Labute approximate surface area is 223 Å². The van der Waals surface area contributed by atoms with Gasteiger partial charge in [-0.1, -0.05) is 23.9 Å². The number of nitrogens with one attached hydrogen (secondary N) is 1. The van der Waals surface area contributed by atoms with Crippen molar-refractivity contribution in [1.82, 2.24) is 14.8 Å². The number of hydrogen-bond acceptors (Lipinski definition) is 10. The Morgan fingerprint density at radius 2 is 1.76 bits per heavy atom. The molecular weight excluding hydrogens is 516 g/mol. The van der Waals surface area contributed by atoms with Crippen molar-refractivity contribution in [3.05, 3.63) is 63.8 Å². The second-order valence-electron chi connectivity index (χ2n) is 7.99. The molecule has 10 nitrogen and oxygen atoms in total. The molecule has 0 unspecified atom stereocenters. The van der Waals surface area contributed by atoms with Crippen molar-refractivity contribution in [3.63, 3.8) is 0 Å². The summed E-state index contributed by atoms with van der Waals surface area (Å²) in [4.78, 5) is 37.3. The molecule has 0 fully saturated rings. The predicted molar refractivity (Wildman–Crippen MR) is 142 cm³/mol. The Bertz CT molecular complexity index is 1310. The van der Waals surface area contributed by atoms with E-state index in [4.69, 9.17) is 14.2 Å². The molecule has 12 heteroatoms. The lowest BCUT2D eigenvalue weighted by Crippen LogP contribution is -2.16.